The Morgan fingerprint density at radius 1 is 0.638 bits per heavy atom. The van der Waals surface area contributed by atoms with Gasteiger partial charge in [0, 0.05) is 29.0 Å². The zero-order valence-corrected chi connectivity index (χ0v) is 28.8. The molecule has 2 aromatic carbocycles. The second-order valence-electron chi connectivity index (χ2n) is 13.1. The Hall–Kier alpha value is -3.25. The average molecular weight is 663 g/mol. The lowest BCUT2D eigenvalue weighted by Crippen LogP contribution is -2.30. The number of ketones is 2. The highest BCUT2D eigenvalue weighted by Gasteiger charge is 2.39. The quantitative estimate of drug-likeness (QED) is 0.110. The molecule has 0 aromatic heterocycles. The van der Waals surface area contributed by atoms with Crippen molar-refractivity contribution in [3.63, 3.8) is 0 Å². The van der Waals surface area contributed by atoms with Crippen molar-refractivity contribution >= 4 is 35.1 Å². The number of ether oxygens (including phenoxy) is 2. The summed E-state index contributed by atoms with van der Waals surface area (Å²) >= 11 is 6.08. The molecule has 2 aromatic rings. The summed E-state index contributed by atoms with van der Waals surface area (Å²) in [5.74, 6) is -0.869. The van der Waals surface area contributed by atoms with Gasteiger partial charge in [-0.15, -0.1) is 0 Å². The molecule has 0 atom stereocenters. The Balaban J connectivity index is 1.18. The molecule has 6 nitrogen and oxygen atoms in total. The number of fused-ring (bicyclic) bond motifs is 1. The third-order valence-electron chi connectivity index (χ3n) is 9.62. The zero-order chi connectivity index (χ0) is 33.4. The van der Waals surface area contributed by atoms with E-state index in [-0.39, 0.29) is 35.6 Å². The van der Waals surface area contributed by atoms with E-state index in [1.807, 2.05) is 19.1 Å². The van der Waals surface area contributed by atoms with Gasteiger partial charge in [-0.05, 0) is 75.0 Å². The lowest BCUT2D eigenvalue weighted by Gasteiger charge is -2.32. The van der Waals surface area contributed by atoms with E-state index in [2.05, 4.69) is 12.1 Å². The van der Waals surface area contributed by atoms with Gasteiger partial charge in [-0.2, -0.15) is 0 Å². The lowest BCUT2D eigenvalue weighted by atomic mass is 9.72. The summed E-state index contributed by atoms with van der Waals surface area (Å²) in [6, 6.07) is 14.8. The zero-order valence-electron chi connectivity index (χ0n) is 28.0. The largest absolute Gasteiger partial charge is 0.466 e. The fraction of sp³-hybridized carbons (Fsp3) is 0.550. The molecule has 4 rings (SSSR count). The minimum Gasteiger partial charge on any atom is -0.466 e. The molecule has 0 heterocycles. The first kappa shape index (κ1) is 36.6. The predicted octanol–water partition coefficient (Wildman–Crippen LogP) is 10.5. The minimum absolute atomic E-state index is 0.0485. The molecule has 0 saturated heterocycles. The van der Waals surface area contributed by atoms with Crippen LogP contribution in [0.15, 0.2) is 59.9 Å². The number of benzene rings is 2. The molecule has 2 aliphatic carbocycles. The molecule has 0 radical (unpaired) electrons. The first-order chi connectivity index (χ1) is 22.9. The van der Waals surface area contributed by atoms with Crippen LogP contribution in [0.25, 0.3) is 0 Å². The number of esters is 2. The monoisotopic (exact) mass is 662 g/mol. The van der Waals surface area contributed by atoms with Gasteiger partial charge in [0.2, 0.25) is 5.78 Å². The Morgan fingerprint density at radius 2 is 1.11 bits per heavy atom. The number of Topliss-reactive ketones (excluding diaryl/α,β-unsaturated/α-hetero) is 2. The van der Waals surface area contributed by atoms with Gasteiger partial charge in [0.05, 0.1) is 12.2 Å². The minimum atomic E-state index is -0.435. The van der Waals surface area contributed by atoms with Crippen molar-refractivity contribution in [2.75, 3.05) is 6.61 Å². The standard InChI is InChI=1S/C40H51ClO6/c1-2-46-35(42)19-13-11-9-7-5-3-4-6-8-10-12-14-20-36(43)47-40-37(38(44)33-17-15-16-18-34(33)39(40)45)31-23-21-29(22-24-31)30-25-27-32(41)28-26-30/h15-18,25-29,31H,2-14,19-24H2,1H3/t29-,31-. The van der Waals surface area contributed by atoms with Crippen LogP contribution < -0.4 is 0 Å². The summed E-state index contributed by atoms with van der Waals surface area (Å²) < 4.78 is 10.7. The van der Waals surface area contributed by atoms with Gasteiger partial charge < -0.3 is 9.47 Å². The average Bonchev–Trinajstić information content (AvgIpc) is 3.08. The molecule has 0 unspecified atom stereocenters. The Kier molecular flexibility index (Phi) is 15.2. The van der Waals surface area contributed by atoms with Crippen LogP contribution in [0.3, 0.4) is 0 Å². The summed E-state index contributed by atoms with van der Waals surface area (Å²) in [5, 5.41) is 0.711. The first-order valence-electron chi connectivity index (χ1n) is 17.9. The summed E-state index contributed by atoms with van der Waals surface area (Å²) in [5.41, 5.74) is 2.33. The molecule has 1 fully saturated rings. The SMILES string of the molecule is CCOC(=O)CCCCCCCCCCCCCCC(=O)OC1=C([C@H]2CC[C@H](c3ccc(Cl)cc3)CC2)C(=O)c2ccccc2C1=O. The number of carbonyl (C=O) groups is 4. The van der Waals surface area contributed by atoms with E-state index in [9.17, 15) is 19.2 Å². The van der Waals surface area contributed by atoms with Crippen molar-refractivity contribution in [3.05, 3.63) is 81.6 Å². The first-order valence-corrected chi connectivity index (χ1v) is 18.3. The number of hydrogen-bond acceptors (Lipinski definition) is 6. The molecule has 0 amide bonds. The molecule has 2 aliphatic rings. The van der Waals surface area contributed by atoms with Gasteiger partial charge in [0.15, 0.2) is 11.5 Å². The number of halogens is 1. The van der Waals surface area contributed by atoms with Gasteiger partial charge in [-0.1, -0.05) is 112 Å². The molecular weight excluding hydrogens is 612 g/mol. The van der Waals surface area contributed by atoms with Gasteiger partial charge in [0.25, 0.3) is 0 Å². The highest BCUT2D eigenvalue weighted by atomic mass is 35.5. The van der Waals surface area contributed by atoms with Crippen molar-refractivity contribution < 1.29 is 28.7 Å². The number of carbonyl (C=O) groups excluding carboxylic acids is 4. The fourth-order valence-electron chi connectivity index (χ4n) is 7.00. The Labute approximate surface area is 285 Å². The van der Waals surface area contributed by atoms with Crippen LogP contribution in [0.1, 0.15) is 155 Å². The molecule has 0 N–H and O–H groups in total. The normalized spacial score (nSPS) is 17.8. The van der Waals surface area contributed by atoms with Crippen LogP contribution in [0.2, 0.25) is 5.02 Å². The van der Waals surface area contributed by atoms with Crippen LogP contribution in [-0.4, -0.2) is 30.1 Å². The fourth-order valence-corrected chi connectivity index (χ4v) is 7.12. The highest BCUT2D eigenvalue weighted by molar-refractivity contribution is 6.30. The number of hydrogen-bond donors (Lipinski definition) is 0. The predicted molar refractivity (Wildman–Crippen MR) is 186 cm³/mol. The van der Waals surface area contributed by atoms with E-state index in [0.717, 1.165) is 57.8 Å². The molecular formula is C40H51ClO6. The summed E-state index contributed by atoms with van der Waals surface area (Å²) in [4.78, 5) is 51.7. The van der Waals surface area contributed by atoms with Crippen molar-refractivity contribution in [3.8, 4) is 0 Å². The van der Waals surface area contributed by atoms with Crippen molar-refractivity contribution in [2.24, 2.45) is 5.92 Å². The lowest BCUT2D eigenvalue weighted by molar-refractivity contribution is -0.143. The van der Waals surface area contributed by atoms with E-state index in [4.69, 9.17) is 21.1 Å². The summed E-state index contributed by atoms with van der Waals surface area (Å²) in [7, 11) is 0. The van der Waals surface area contributed by atoms with E-state index < -0.39 is 5.97 Å². The molecule has 1 saturated carbocycles. The number of rotatable bonds is 19. The van der Waals surface area contributed by atoms with Crippen LogP contribution in [-0.2, 0) is 19.1 Å². The van der Waals surface area contributed by atoms with Crippen molar-refractivity contribution in [1.82, 2.24) is 0 Å². The second kappa shape index (κ2) is 19.5. The van der Waals surface area contributed by atoms with Crippen molar-refractivity contribution in [1.29, 1.82) is 0 Å². The maximum atomic E-state index is 13.7. The van der Waals surface area contributed by atoms with Gasteiger partial charge in [0.1, 0.15) is 0 Å². The molecule has 47 heavy (non-hydrogen) atoms. The second-order valence-corrected chi connectivity index (χ2v) is 13.5. The number of unbranched alkanes of at least 4 members (excludes halogenated alkanes) is 11. The van der Waals surface area contributed by atoms with Crippen LogP contribution in [0.5, 0.6) is 0 Å². The Morgan fingerprint density at radius 3 is 1.64 bits per heavy atom. The van der Waals surface area contributed by atoms with Crippen LogP contribution in [0, 0.1) is 5.92 Å². The van der Waals surface area contributed by atoms with E-state index in [0.29, 0.717) is 47.1 Å². The van der Waals surface area contributed by atoms with Gasteiger partial charge in [-0.3, -0.25) is 19.2 Å². The third kappa shape index (κ3) is 11.2. The summed E-state index contributed by atoms with van der Waals surface area (Å²) in [6.07, 6.45) is 17.2. The highest BCUT2D eigenvalue weighted by Crippen LogP contribution is 2.42. The van der Waals surface area contributed by atoms with E-state index in [1.165, 1.54) is 44.1 Å². The number of allylic oxidation sites excluding steroid dienone is 2. The smallest absolute Gasteiger partial charge is 0.311 e. The van der Waals surface area contributed by atoms with Gasteiger partial charge in [-0.25, -0.2) is 0 Å². The van der Waals surface area contributed by atoms with Gasteiger partial charge >= 0.3 is 11.9 Å². The van der Waals surface area contributed by atoms with Crippen molar-refractivity contribution in [2.45, 2.75) is 128 Å². The van der Waals surface area contributed by atoms with Crippen LogP contribution in [0.4, 0.5) is 0 Å². The molecule has 7 heteroatoms. The maximum Gasteiger partial charge on any atom is 0.311 e. The van der Waals surface area contributed by atoms with E-state index >= 15 is 0 Å². The molecule has 0 spiro atoms. The summed E-state index contributed by atoms with van der Waals surface area (Å²) in [6.45, 7) is 2.30. The third-order valence-corrected chi connectivity index (χ3v) is 9.87. The van der Waals surface area contributed by atoms with Crippen LogP contribution >= 0.6 is 11.6 Å². The topological polar surface area (TPSA) is 86.7 Å². The Bertz CT molecular complexity index is 1370. The van der Waals surface area contributed by atoms with E-state index in [1.54, 1.807) is 24.3 Å². The molecule has 0 bridgehead atoms. The molecule has 254 valence electrons. The maximum absolute atomic E-state index is 13.7. The molecule has 0 aliphatic heterocycles.